The maximum Gasteiger partial charge on any atom is 0.252 e. The van der Waals surface area contributed by atoms with Gasteiger partial charge in [-0.25, -0.2) is 16.8 Å². The number of nitrogens with one attached hydrogen (secondary N) is 2. The van der Waals surface area contributed by atoms with Crippen molar-refractivity contribution in [2.24, 2.45) is 5.92 Å². The summed E-state index contributed by atoms with van der Waals surface area (Å²) in [5, 5.41) is 2.86. The number of nitrogens with zero attached hydrogens (tertiary/aromatic N) is 1. The van der Waals surface area contributed by atoms with E-state index in [1.807, 2.05) is 6.92 Å². The molecule has 1 fully saturated rings. The van der Waals surface area contributed by atoms with E-state index in [1.54, 1.807) is 44.2 Å². The second kappa shape index (κ2) is 9.90. The number of anilines is 2. The van der Waals surface area contributed by atoms with Crippen molar-refractivity contribution >= 4 is 48.7 Å². The van der Waals surface area contributed by atoms with Crippen molar-refractivity contribution in [2.75, 3.05) is 28.9 Å². The number of carbonyl (C=O) groups is 1. The fourth-order valence-corrected chi connectivity index (χ4v) is 7.81. The van der Waals surface area contributed by atoms with E-state index in [-0.39, 0.29) is 18.2 Å². The zero-order chi connectivity index (χ0) is 23.5. The highest BCUT2D eigenvalue weighted by molar-refractivity contribution is 7.92. The molecule has 1 atom stereocenters. The van der Waals surface area contributed by atoms with Crippen LogP contribution in [0.15, 0.2) is 34.5 Å². The van der Waals surface area contributed by atoms with Crippen molar-refractivity contribution in [3.05, 3.63) is 40.8 Å². The molecule has 11 heteroatoms. The average Bonchev–Trinajstić information content (AvgIpc) is 3.18. The van der Waals surface area contributed by atoms with Gasteiger partial charge in [0.25, 0.3) is 10.0 Å². The van der Waals surface area contributed by atoms with E-state index in [4.69, 9.17) is 0 Å². The van der Waals surface area contributed by atoms with Gasteiger partial charge < -0.3 is 5.32 Å². The molecule has 1 saturated heterocycles. The third kappa shape index (κ3) is 5.69. The molecule has 0 bridgehead atoms. The third-order valence-electron chi connectivity index (χ3n) is 5.39. The standard InChI is InChI=1S/C21H29N3O5S3/c1-4-13-31(26,27)23-19-9-5-8-18(16(19)3)22-21(25)17-7-6-12-24(14-17)32(28,29)20-11-10-15(2)30-20/h5,8-11,17,23H,4,6-7,12-14H2,1-3H3,(H,22,25). The largest absolute Gasteiger partial charge is 0.325 e. The van der Waals surface area contributed by atoms with E-state index in [9.17, 15) is 21.6 Å². The molecule has 0 saturated carbocycles. The van der Waals surface area contributed by atoms with Gasteiger partial charge >= 0.3 is 0 Å². The molecule has 0 spiro atoms. The van der Waals surface area contributed by atoms with Gasteiger partial charge in [-0.2, -0.15) is 4.31 Å². The van der Waals surface area contributed by atoms with Gasteiger partial charge in [-0.3, -0.25) is 9.52 Å². The van der Waals surface area contributed by atoms with E-state index in [2.05, 4.69) is 10.0 Å². The van der Waals surface area contributed by atoms with Gasteiger partial charge in [0, 0.05) is 23.7 Å². The summed E-state index contributed by atoms with van der Waals surface area (Å²) >= 11 is 1.23. The Balaban J connectivity index is 1.73. The minimum atomic E-state index is -3.63. The normalized spacial score (nSPS) is 17.8. The van der Waals surface area contributed by atoms with Crippen LogP contribution in [0.3, 0.4) is 0 Å². The Hall–Kier alpha value is -1.95. The highest BCUT2D eigenvalue weighted by Crippen LogP contribution is 2.30. The van der Waals surface area contributed by atoms with Crippen LogP contribution in [0.25, 0.3) is 0 Å². The van der Waals surface area contributed by atoms with Crippen molar-refractivity contribution in [2.45, 2.75) is 44.2 Å². The summed E-state index contributed by atoms with van der Waals surface area (Å²) in [5.74, 6) is -0.748. The molecule has 8 nitrogen and oxygen atoms in total. The summed E-state index contributed by atoms with van der Waals surface area (Å²) in [4.78, 5) is 13.9. The van der Waals surface area contributed by atoms with E-state index in [1.165, 1.54) is 15.6 Å². The molecular weight excluding hydrogens is 470 g/mol. The minimum absolute atomic E-state index is 0.0131. The van der Waals surface area contributed by atoms with Crippen LogP contribution in [-0.2, 0) is 24.8 Å². The Bertz CT molecular complexity index is 1190. The number of amides is 1. The van der Waals surface area contributed by atoms with Crippen molar-refractivity contribution < 1.29 is 21.6 Å². The number of rotatable bonds is 8. The molecule has 0 radical (unpaired) electrons. The molecule has 0 aliphatic carbocycles. The summed E-state index contributed by atoms with van der Waals surface area (Å²) in [5.41, 5.74) is 1.52. The van der Waals surface area contributed by atoms with Crippen LogP contribution in [0, 0.1) is 19.8 Å². The Morgan fingerprint density at radius 2 is 1.84 bits per heavy atom. The first kappa shape index (κ1) is 24.7. The van der Waals surface area contributed by atoms with Crippen LogP contribution in [0.2, 0.25) is 0 Å². The second-order valence-electron chi connectivity index (χ2n) is 7.96. The molecule has 1 aliphatic heterocycles. The van der Waals surface area contributed by atoms with E-state index < -0.39 is 26.0 Å². The first-order valence-corrected chi connectivity index (χ1v) is 14.4. The second-order valence-corrected chi connectivity index (χ2v) is 13.3. The van der Waals surface area contributed by atoms with E-state index in [0.29, 0.717) is 47.0 Å². The van der Waals surface area contributed by atoms with Crippen LogP contribution < -0.4 is 10.0 Å². The summed E-state index contributed by atoms with van der Waals surface area (Å²) in [6.07, 6.45) is 1.68. The predicted octanol–water partition coefficient (Wildman–Crippen LogP) is 3.56. The van der Waals surface area contributed by atoms with Crippen LogP contribution in [0.4, 0.5) is 11.4 Å². The van der Waals surface area contributed by atoms with E-state index >= 15 is 0 Å². The minimum Gasteiger partial charge on any atom is -0.325 e. The molecule has 1 aromatic heterocycles. The molecule has 1 aromatic carbocycles. The highest BCUT2D eigenvalue weighted by atomic mass is 32.2. The van der Waals surface area contributed by atoms with Crippen LogP contribution >= 0.6 is 11.3 Å². The first-order chi connectivity index (χ1) is 15.0. The SMILES string of the molecule is CCCS(=O)(=O)Nc1cccc(NC(=O)C2CCCN(S(=O)(=O)c3ccc(C)s3)C2)c1C. The molecule has 3 rings (SSSR count). The summed E-state index contributed by atoms with van der Waals surface area (Å²) in [6, 6.07) is 8.40. The predicted molar refractivity (Wildman–Crippen MR) is 128 cm³/mol. The number of sulfonamides is 2. The lowest BCUT2D eigenvalue weighted by Crippen LogP contribution is -2.43. The lowest BCUT2D eigenvalue weighted by molar-refractivity contribution is -0.120. The van der Waals surface area contributed by atoms with Gasteiger partial charge in [0.05, 0.1) is 17.4 Å². The van der Waals surface area contributed by atoms with Gasteiger partial charge in [-0.15, -0.1) is 11.3 Å². The number of hydrogen-bond acceptors (Lipinski definition) is 6. The van der Waals surface area contributed by atoms with Gasteiger partial charge in [0.2, 0.25) is 15.9 Å². The van der Waals surface area contributed by atoms with Crippen LogP contribution in [0.5, 0.6) is 0 Å². The smallest absolute Gasteiger partial charge is 0.252 e. The molecule has 1 unspecified atom stereocenters. The summed E-state index contributed by atoms with van der Waals surface area (Å²) < 4.78 is 54.4. The number of thiophene rings is 1. The number of hydrogen-bond donors (Lipinski definition) is 2. The molecule has 1 amide bonds. The Labute approximate surface area is 194 Å². The number of piperidine rings is 1. The summed E-state index contributed by atoms with van der Waals surface area (Å²) in [7, 11) is -7.08. The number of aryl methyl sites for hydroxylation is 1. The zero-order valence-corrected chi connectivity index (χ0v) is 20.9. The summed E-state index contributed by atoms with van der Waals surface area (Å²) in [6.45, 7) is 5.88. The monoisotopic (exact) mass is 499 g/mol. The Kier molecular flexibility index (Phi) is 7.64. The quantitative estimate of drug-likeness (QED) is 0.577. The van der Waals surface area contributed by atoms with Gasteiger partial charge in [0.15, 0.2) is 0 Å². The Morgan fingerprint density at radius 3 is 2.50 bits per heavy atom. The van der Waals surface area contributed by atoms with Crippen molar-refractivity contribution in [1.82, 2.24) is 4.31 Å². The van der Waals surface area contributed by atoms with Crippen LogP contribution in [0.1, 0.15) is 36.6 Å². The number of carbonyl (C=O) groups excluding carboxylic acids is 1. The molecule has 32 heavy (non-hydrogen) atoms. The van der Waals surface area contributed by atoms with Gasteiger partial charge in [-0.1, -0.05) is 13.0 Å². The Morgan fingerprint density at radius 1 is 1.12 bits per heavy atom. The van der Waals surface area contributed by atoms with E-state index in [0.717, 1.165) is 4.88 Å². The molecule has 1 aliphatic rings. The zero-order valence-electron chi connectivity index (χ0n) is 18.4. The van der Waals surface area contributed by atoms with Crippen molar-refractivity contribution in [3.63, 3.8) is 0 Å². The molecular formula is C21H29N3O5S3. The average molecular weight is 500 g/mol. The molecule has 2 N–H and O–H groups in total. The van der Waals surface area contributed by atoms with Gasteiger partial charge in [0.1, 0.15) is 4.21 Å². The van der Waals surface area contributed by atoms with Crippen molar-refractivity contribution in [1.29, 1.82) is 0 Å². The molecule has 176 valence electrons. The van der Waals surface area contributed by atoms with Gasteiger partial charge in [-0.05, 0) is 62.9 Å². The van der Waals surface area contributed by atoms with Crippen LogP contribution in [-0.4, -0.2) is 45.9 Å². The maximum atomic E-state index is 13.0. The lowest BCUT2D eigenvalue weighted by Gasteiger charge is -2.31. The van der Waals surface area contributed by atoms with Crippen molar-refractivity contribution in [3.8, 4) is 0 Å². The number of benzene rings is 1. The topological polar surface area (TPSA) is 113 Å². The fourth-order valence-electron chi connectivity index (χ4n) is 3.66. The first-order valence-electron chi connectivity index (χ1n) is 10.5. The third-order valence-corrected chi connectivity index (χ3v) is 10.2. The highest BCUT2D eigenvalue weighted by Gasteiger charge is 2.34. The maximum absolute atomic E-state index is 13.0. The lowest BCUT2D eigenvalue weighted by atomic mass is 9.98. The molecule has 2 aromatic rings. The molecule has 2 heterocycles. The fraction of sp³-hybridized carbons (Fsp3) is 0.476.